The minimum atomic E-state index is -0.924. The van der Waals surface area contributed by atoms with Gasteiger partial charge in [-0.25, -0.2) is 0 Å². The second kappa shape index (κ2) is 7.58. The number of piperidine rings is 1. The highest BCUT2D eigenvalue weighted by atomic mass is 16.5. The number of aryl methyl sites for hydroxylation is 1. The molecular weight excluding hydrogens is 348 g/mol. The molecule has 7 nitrogen and oxygen atoms in total. The highest BCUT2D eigenvalue weighted by Crippen LogP contribution is 2.42. The number of aliphatic carboxylic acids is 1. The van der Waals surface area contributed by atoms with E-state index in [1.54, 1.807) is 24.0 Å². The van der Waals surface area contributed by atoms with E-state index in [2.05, 4.69) is 0 Å². The van der Waals surface area contributed by atoms with E-state index in [9.17, 15) is 19.5 Å². The van der Waals surface area contributed by atoms with Gasteiger partial charge in [0.05, 0.1) is 18.6 Å². The van der Waals surface area contributed by atoms with Crippen LogP contribution in [0.4, 0.5) is 0 Å². The molecule has 2 saturated heterocycles. The molecule has 3 rings (SSSR count). The molecule has 146 valence electrons. The average molecular weight is 374 g/mol. The minimum absolute atomic E-state index is 0.0528. The molecule has 1 atom stereocenters. The fraction of sp³-hybridized carbons (Fsp3) is 0.550. The van der Waals surface area contributed by atoms with Crippen molar-refractivity contribution in [2.45, 2.75) is 37.6 Å². The van der Waals surface area contributed by atoms with Crippen LogP contribution in [-0.4, -0.2) is 65.5 Å². The molecule has 2 amide bonds. The summed E-state index contributed by atoms with van der Waals surface area (Å²) in [6, 6.07) is 7.66. The van der Waals surface area contributed by atoms with Crippen LogP contribution in [0.3, 0.4) is 0 Å². The van der Waals surface area contributed by atoms with Gasteiger partial charge in [0.1, 0.15) is 5.75 Å². The second-order valence-corrected chi connectivity index (χ2v) is 7.38. The second-order valence-electron chi connectivity index (χ2n) is 7.38. The number of carboxylic acids is 1. The van der Waals surface area contributed by atoms with Crippen LogP contribution >= 0.6 is 0 Å². The fourth-order valence-electron chi connectivity index (χ4n) is 4.33. The zero-order valence-corrected chi connectivity index (χ0v) is 15.8. The van der Waals surface area contributed by atoms with Crippen molar-refractivity contribution in [3.8, 4) is 5.75 Å². The Bertz CT molecular complexity index is 722. The summed E-state index contributed by atoms with van der Waals surface area (Å²) in [7, 11) is 3.30. The molecule has 0 radical (unpaired) electrons. The van der Waals surface area contributed by atoms with Crippen LogP contribution in [0, 0.1) is 5.92 Å². The number of rotatable bonds is 5. The number of likely N-dealkylation sites (tertiary alicyclic amines) is 2. The van der Waals surface area contributed by atoms with Crippen molar-refractivity contribution in [2.24, 2.45) is 5.92 Å². The Morgan fingerprint density at radius 1 is 1.22 bits per heavy atom. The van der Waals surface area contributed by atoms with Crippen LogP contribution < -0.4 is 4.74 Å². The Morgan fingerprint density at radius 2 is 1.85 bits per heavy atom. The highest BCUT2D eigenvalue weighted by molar-refractivity contribution is 5.88. The molecule has 0 aromatic heterocycles. The number of benzene rings is 1. The van der Waals surface area contributed by atoms with E-state index in [1.165, 1.54) is 0 Å². The summed E-state index contributed by atoms with van der Waals surface area (Å²) < 4.78 is 5.13. The summed E-state index contributed by atoms with van der Waals surface area (Å²) in [5.41, 5.74) is 0.417. The number of amides is 2. The van der Waals surface area contributed by atoms with E-state index in [0.717, 1.165) is 11.3 Å². The monoisotopic (exact) mass is 374 g/mol. The largest absolute Gasteiger partial charge is 0.497 e. The molecular formula is C20H26N2O5. The minimum Gasteiger partial charge on any atom is -0.497 e. The molecule has 2 fully saturated rings. The lowest BCUT2D eigenvalue weighted by atomic mass is 9.77. The molecule has 7 heteroatoms. The third-order valence-electron chi connectivity index (χ3n) is 6.14. The van der Waals surface area contributed by atoms with Crippen molar-refractivity contribution in [1.29, 1.82) is 0 Å². The molecule has 2 heterocycles. The van der Waals surface area contributed by atoms with Crippen molar-refractivity contribution in [2.75, 3.05) is 27.2 Å². The van der Waals surface area contributed by atoms with Crippen LogP contribution in [-0.2, 0) is 20.8 Å². The summed E-state index contributed by atoms with van der Waals surface area (Å²) in [5, 5.41) is 9.52. The topological polar surface area (TPSA) is 87.1 Å². The molecule has 1 aromatic carbocycles. The van der Waals surface area contributed by atoms with Gasteiger partial charge in [-0.15, -0.1) is 0 Å². The summed E-state index contributed by atoms with van der Waals surface area (Å²) >= 11 is 0. The molecule has 0 aliphatic carbocycles. The number of carbonyl (C=O) groups is 3. The van der Waals surface area contributed by atoms with Crippen LogP contribution in [0.15, 0.2) is 24.3 Å². The average Bonchev–Trinajstić information content (AvgIpc) is 2.92. The van der Waals surface area contributed by atoms with E-state index in [4.69, 9.17) is 4.74 Å². The number of carbonyl (C=O) groups excluding carboxylic acids is 2. The summed E-state index contributed by atoms with van der Waals surface area (Å²) in [5.74, 6) is -0.880. The zero-order chi connectivity index (χ0) is 19.6. The first kappa shape index (κ1) is 19.2. The Kier molecular flexibility index (Phi) is 5.39. The zero-order valence-electron chi connectivity index (χ0n) is 15.8. The van der Waals surface area contributed by atoms with Crippen molar-refractivity contribution < 1.29 is 24.2 Å². The van der Waals surface area contributed by atoms with Gasteiger partial charge in [0.15, 0.2) is 0 Å². The molecule has 1 unspecified atom stereocenters. The van der Waals surface area contributed by atoms with Crippen molar-refractivity contribution in [1.82, 2.24) is 9.80 Å². The lowest BCUT2D eigenvalue weighted by Gasteiger charge is -2.45. The van der Waals surface area contributed by atoms with Crippen LogP contribution in [0.25, 0.3) is 0 Å². The predicted molar refractivity (Wildman–Crippen MR) is 98.4 cm³/mol. The van der Waals surface area contributed by atoms with Gasteiger partial charge in [-0.3, -0.25) is 14.4 Å². The maximum absolute atomic E-state index is 12.6. The molecule has 0 saturated carbocycles. The number of hydrogen-bond donors (Lipinski definition) is 1. The maximum Gasteiger partial charge on any atom is 0.309 e. The van der Waals surface area contributed by atoms with Crippen molar-refractivity contribution >= 4 is 17.8 Å². The van der Waals surface area contributed by atoms with E-state index in [-0.39, 0.29) is 18.2 Å². The third-order valence-corrected chi connectivity index (χ3v) is 6.14. The smallest absolute Gasteiger partial charge is 0.309 e. The van der Waals surface area contributed by atoms with Crippen LogP contribution in [0.5, 0.6) is 5.75 Å². The number of methoxy groups -OCH3 is 1. The molecule has 0 bridgehead atoms. The molecule has 2 aliphatic rings. The van der Waals surface area contributed by atoms with Crippen molar-refractivity contribution in [3.63, 3.8) is 0 Å². The van der Waals surface area contributed by atoms with Gasteiger partial charge < -0.3 is 19.6 Å². The maximum atomic E-state index is 12.6. The molecule has 1 spiro atoms. The fourth-order valence-corrected chi connectivity index (χ4v) is 4.33. The predicted octanol–water partition coefficient (Wildman–Crippen LogP) is 1.55. The van der Waals surface area contributed by atoms with Gasteiger partial charge in [-0.1, -0.05) is 12.1 Å². The molecule has 2 aliphatic heterocycles. The van der Waals surface area contributed by atoms with Crippen LogP contribution in [0.2, 0.25) is 0 Å². The summed E-state index contributed by atoms with van der Waals surface area (Å²) in [6.07, 6.45) is 2.15. The van der Waals surface area contributed by atoms with Gasteiger partial charge >= 0.3 is 5.97 Å². The van der Waals surface area contributed by atoms with Gasteiger partial charge in [0, 0.05) is 33.0 Å². The highest BCUT2D eigenvalue weighted by Gasteiger charge is 2.55. The standard InChI is InChI=1S/C20H26N2O5/c1-21-18(24)13-16(19(25)26)20(21)9-11-22(12-10-20)17(23)8-5-14-3-6-15(27-2)7-4-14/h3-4,6-7,16H,5,8-13H2,1-2H3,(H,25,26). The first-order valence-electron chi connectivity index (χ1n) is 9.27. The van der Waals surface area contributed by atoms with E-state index in [1.807, 2.05) is 24.3 Å². The van der Waals surface area contributed by atoms with Gasteiger partial charge in [0.2, 0.25) is 11.8 Å². The van der Waals surface area contributed by atoms with E-state index >= 15 is 0 Å². The van der Waals surface area contributed by atoms with Gasteiger partial charge in [0.25, 0.3) is 0 Å². The molecule has 1 N–H and O–H groups in total. The Balaban J connectivity index is 1.57. The first-order chi connectivity index (χ1) is 12.9. The summed E-state index contributed by atoms with van der Waals surface area (Å²) in [6.45, 7) is 0.978. The normalized spacial score (nSPS) is 21.6. The van der Waals surface area contributed by atoms with Crippen molar-refractivity contribution in [3.05, 3.63) is 29.8 Å². The number of hydrogen-bond acceptors (Lipinski definition) is 4. The Morgan fingerprint density at radius 3 is 2.41 bits per heavy atom. The Labute approximate surface area is 158 Å². The van der Waals surface area contributed by atoms with Gasteiger partial charge in [-0.05, 0) is 37.0 Å². The third kappa shape index (κ3) is 3.63. The SMILES string of the molecule is COc1ccc(CCC(=O)N2CCC3(CC2)C(C(=O)O)CC(=O)N3C)cc1. The summed E-state index contributed by atoms with van der Waals surface area (Å²) in [4.78, 5) is 39.6. The lowest BCUT2D eigenvalue weighted by Crippen LogP contribution is -2.56. The Hall–Kier alpha value is -2.57. The molecule has 1 aromatic rings. The number of nitrogens with zero attached hydrogens (tertiary/aromatic N) is 2. The lowest BCUT2D eigenvalue weighted by molar-refractivity contribution is -0.147. The first-order valence-corrected chi connectivity index (χ1v) is 9.27. The van der Waals surface area contributed by atoms with E-state index < -0.39 is 17.4 Å². The van der Waals surface area contributed by atoms with Crippen LogP contribution in [0.1, 0.15) is 31.2 Å². The quantitative estimate of drug-likeness (QED) is 0.845. The number of ether oxygens (including phenoxy) is 1. The molecule has 27 heavy (non-hydrogen) atoms. The number of carboxylic acid groups (broad SMARTS) is 1. The van der Waals surface area contributed by atoms with Gasteiger partial charge in [-0.2, -0.15) is 0 Å². The van der Waals surface area contributed by atoms with E-state index in [0.29, 0.717) is 38.8 Å².